The molecular weight excluding hydrogens is 202 g/mol. The summed E-state index contributed by atoms with van der Waals surface area (Å²) < 4.78 is 0. The first-order valence-corrected chi connectivity index (χ1v) is 0. The molecule has 0 aliphatic carbocycles. The van der Waals surface area contributed by atoms with E-state index in [2.05, 4.69) is 0 Å². The Kier molecular flexibility index (Phi) is 115. The molecular formula is H8BaMg2O. The number of hydrogen-bond acceptors (Lipinski definition) is 0. The number of hydrogen-bond donors (Lipinski definition) is 0. The summed E-state index contributed by atoms with van der Waals surface area (Å²) in [5, 5.41) is 0. The number of rotatable bonds is 0. The standard InChI is InChI=1S/Ba.2Mg.H2O.6H/h;;;1H2;;;;;;. The summed E-state index contributed by atoms with van der Waals surface area (Å²) in [7, 11) is 0. The van der Waals surface area contributed by atoms with Gasteiger partial charge in [0.15, 0.2) is 0 Å². The Balaban J connectivity index is 0. The van der Waals surface area contributed by atoms with Gasteiger partial charge in [0.2, 0.25) is 0 Å². The van der Waals surface area contributed by atoms with Crippen LogP contribution in [-0.2, 0) is 0 Å². The topological polar surface area (TPSA) is 31.5 Å². The molecule has 0 spiro atoms. The minimum absolute atomic E-state index is 0. The molecule has 0 heterocycles. The molecule has 0 aromatic rings. The van der Waals surface area contributed by atoms with Crippen LogP contribution in [0.4, 0.5) is 0 Å². The fourth-order valence-corrected chi connectivity index (χ4v) is 0. The van der Waals surface area contributed by atoms with Gasteiger partial charge >= 0.3 is 95.0 Å². The van der Waals surface area contributed by atoms with Crippen LogP contribution >= 0.6 is 0 Å². The zero-order valence-electron chi connectivity index (χ0n) is 0.500. The first-order chi connectivity index (χ1) is 0. The molecule has 0 aromatic heterocycles. The van der Waals surface area contributed by atoms with E-state index in [-0.39, 0.29) is 100 Å². The van der Waals surface area contributed by atoms with Gasteiger partial charge in [-0.15, -0.1) is 0 Å². The molecule has 2 N–H and O–H groups in total. The molecule has 0 saturated heterocycles. The van der Waals surface area contributed by atoms with E-state index in [1.165, 1.54) is 0 Å². The molecule has 0 aromatic carbocycles. The van der Waals surface area contributed by atoms with Crippen LogP contribution in [0, 0.1) is 0 Å². The monoisotopic (exact) mass is 210 g/mol. The molecule has 0 unspecified atom stereocenters. The van der Waals surface area contributed by atoms with Gasteiger partial charge in [0, 0.05) is 0 Å². The van der Waals surface area contributed by atoms with Crippen molar-refractivity contribution in [3.8, 4) is 0 Å². The van der Waals surface area contributed by atoms with Gasteiger partial charge in [0.05, 0.1) is 0 Å². The quantitative estimate of drug-likeness (QED) is 0.370. The van der Waals surface area contributed by atoms with Crippen LogP contribution in [0.2, 0.25) is 0 Å². The van der Waals surface area contributed by atoms with Gasteiger partial charge in [0.1, 0.15) is 0 Å². The summed E-state index contributed by atoms with van der Waals surface area (Å²) in [6, 6.07) is 0. The average Bonchev–Trinajstić information content (AvgIpc) is 0. The SMILES string of the molecule is O.[BaH2].[MgH2].[MgH2]. The summed E-state index contributed by atoms with van der Waals surface area (Å²) in [5.74, 6) is 0. The van der Waals surface area contributed by atoms with Crippen molar-refractivity contribution in [3.63, 3.8) is 0 Å². The fourth-order valence-electron chi connectivity index (χ4n) is 0. The van der Waals surface area contributed by atoms with E-state index in [9.17, 15) is 0 Å². The Hall–Kier alpha value is 3.06. The molecule has 0 aliphatic heterocycles. The molecule has 0 amide bonds. The Morgan fingerprint density at radius 3 is 0.750 bits per heavy atom. The normalized spacial score (nSPS) is 0. The van der Waals surface area contributed by atoms with Crippen LogP contribution in [0.1, 0.15) is 0 Å². The van der Waals surface area contributed by atoms with E-state index < -0.39 is 0 Å². The Morgan fingerprint density at radius 2 is 0.750 bits per heavy atom. The predicted molar refractivity (Wildman–Crippen MR) is 29.2 cm³/mol. The Bertz CT molecular complexity index is 6.00. The van der Waals surface area contributed by atoms with E-state index in [1.807, 2.05) is 0 Å². The fraction of sp³-hybridized carbons (Fsp3) is 0. The second-order valence-electron chi connectivity index (χ2n) is 0. The van der Waals surface area contributed by atoms with Crippen molar-refractivity contribution in [2.24, 2.45) is 0 Å². The third-order valence-corrected chi connectivity index (χ3v) is 0. The minimum atomic E-state index is 0. The minimum Gasteiger partial charge on any atom is 0.316 e. The average molecular weight is 210 g/mol. The summed E-state index contributed by atoms with van der Waals surface area (Å²) in [6.07, 6.45) is 0. The third-order valence-electron chi connectivity index (χ3n) is 0. The van der Waals surface area contributed by atoms with Crippen molar-refractivity contribution in [1.82, 2.24) is 0 Å². The molecule has 0 aliphatic rings. The van der Waals surface area contributed by atoms with Crippen molar-refractivity contribution in [3.05, 3.63) is 0 Å². The molecule has 0 atom stereocenters. The zero-order chi connectivity index (χ0) is 0. The molecule has 1 nitrogen and oxygen atoms in total. The molecule has 0 rings (SSSR count). The molecule has 0 fully saturated rings. The Labute approximate surface area is 98.0 Å². The maximum absolute atomic E-state index is 0. The molecule has 0 bridgehead atoms. The van der Waals surface area contributed by atoms with Crippen molar-refractivity contribution >= 4 is 95.0 Å². The van der Waals surface area contributed by atoms with Crippen molar-refractivity contribution in [1.29, 1.82) is 0 Å². The van der Waals surface area contributed by atoms with Crippen molar-refractivity contribution in [2.45, 2.75) is 0 Å². The third kappa shape index (κ3) is 8.91. The first-order valence-electron chi connectivity index (χ1n) is 0. The van der Waals surface area contributed by atoms with E-state index >= 15 is 0 Å². The molecule has 4 heteroatoms. The van der Waals surface area contributed by atoms with Gasteiger partial charge in [-0.1, -0.05) is 0 Å². The van der Waals surface area contributed by atoms with Gasteiger partial charge in [-0.05, 0) is 0 Å². The van der Waals surface area contributed by atoms with Crippen LogP contribution in [-0.4, -0.2) is 100 Å². The van der Waals surface area contributed by atoms with Crippen LogP contribution in [0.25, 0.3) is 0 Å². The largest absolute Gasteiger partial charge is 0.316 e. The maximum Gasteiger partial charge on any atom is 0.316 e. The summed E-state index contributed by atoms with van der Waals surface area (Å²) in [6.45, 7) is 0. The van der Waals surface area contributed by atoms with E-state index in [0.29, 0.717) is 0 Å². The molecule has 0 saturated carbocycles. The summed E-state index contributed by atoms with van der Waals surface area (Å²) in [5.41, 5.74) is 0. The molecule has 0 radical (unpaired) electrons. The van der Waals surface area contributed by atoms with Crippen molar-refractivity contribution < 1.29 is 5.48 Å². The van der Waals surface area contributed by atoms with Gasteiger partial charge in [-0.2, -0.15) is 0 Å². The van der Waals surface area contributed by atoms with Gasteiger partial charge in [-0.3, -0.25) is 0 Å². The van der Waals surface area contributed by atoms with Crippen LogP contribution in [0.15, 0.2) is 0 Å². The van der Waals surface area contributed by atoms with Gasteiger partial charge in [0.25, 0.3) is 0 Å². The van der Waals surface area contributed by atoms with Crippen LogP contribution in [0.5, 0.6) is 0 Å². The van der Waals surface area contributed by atoms with E-state index in [4.69, 9.17) is 0 Å². The van der Waals surface area contributed by atoms with Crippen LogP contribution < -0.4 is 0 Å². The van der Waals surface area contributed by atoms with E-state index in [0.717, 1.165) is 0 Å². The van der Waals surface area contributed by atoms with Crippen molar-refractivity contribution in [2.75, 3.05) is 0 Å². The maximum atomic E-state index is 0. The van der Waals surface area contributed by atoms with E-state index in [1.54, 1.807) is 0 Å². The summed E-state index contributed by atoms with van der Waals surface area (Å²) >= 11 is 0. The first kappa shape index (κ1) is 27.7. The zero-order valence-corrected chi connectivity index (χ0v) is 0.500. The predicted octanol–water partition coefficient (Wildman–Crippen LogP) is -3.57. The molecule has 20 valence electrons. The van der Waals surface area contributed by atoms with Gasteiger partial charge < -0.3 is 5.48 Å². The molecule has 4 heavy (non-hydrogen) atoms. The Morgan fingerprint density at radius 1 is 0.750 bits per heavy atom. The summed E-state index contributed by atoms with van der Waals surface area (Å²) in [4.78, 5) is 0. The second-order valence-corrected chi connectivity index (χ2v) is 0. The smallest absolute Gasteiger partial charge is 0.316 e. The van der Waals surface area contributed by atoms with Crippen LogP contribution in [0.3, 0.4) is 0 Å². The van der Waals surface area contributed by atoms with Gasteiger partial charge in [-0.25, -0.2) is 0 Å². The second kappa shape index (κ2) is 16.6.